The third-order valence-electron chi connectivity index (χ3n) is 7.93. The van der Waals surface area contributed by atoms with Crippen molar-refractivity contribution in [2.75, 3.05) is 4.90 Å². The summed E-state index contributed by atoms with van der Waals surface area (Å²) in [5.74, 6) is 1.96. The van der Waals surface area contributed by atoms with E-state index in [1.54, 1.807) is 0 Å². The van der Waals surface area contributed by atoms with Crippen molar-refractivity contribution in [2.24, 2.45) is 0 Å². The Bertz CT molecular complexity index is 2130. The molecule has 0 saturated carbocycles. The lowest BCUT2D eigenvalue weighted by atomic mass is 10.0. The molecule has 5 aromatic carbocycles. The zero-order valence-corrected chi connectivity index (χ0v) is 24.0. The highest BCUT2D eigenvalue weighted by molar-refractivity contribution is 6.12. The van der Waals surface area contributed by atoms with Crippen molar-refractivity contribution in [3.8, 4) is 22.8 Å². The Kier molecular flexibility index (Phi) is 6.54. The van der Waals surface area contributed by atoms with Gasteiger partial charge in [0.15, 0.2) is 17.5 Å². The van der Waals surface area contributed by atoms with E-state index in [1.165, 1.54) is 0 Å². The second-order valence-corrected chi connectivity index (χ2v) is 10.8. The van der Waals surface area contributed by atoms with E-state index < -0.39 is 0 Å². The highest BCUT2D eigenvalue weighted by Gasteiger charge is 2.20. The molecule has 0 spiro atoms. The van der Waals surface area contributed by atoms with Gasteiger partial charge in [-0.2, -0.15) is 0 Å². The van der Waals surface area contributed by atoms with E-state index in [9.17, 15) is 0 Å². The van der Waals surface area contributed by atoms with E-state index in [0.717, 1.165) is 68.5 Å². The molecule has 2 aromatic heterocycles. The van der Waals surface area contributed by atoms with E-state index in [2.05, 4.69) is 95.9 Å². The summed E-state index contributed by atoms with van der Waals surface area (Å²) in [6.07, 6.45) is 8.49. The number of nitrogens with zero attached hydrogens (tertiary/aromatic N) is 4. The van der Waals surface area contributed by atoms with E-state index in [1.807, 2.05) is 54.6 Å². The highest BCUT2D eigenvalue weighted by atomic mass is 16.3. The first-order chi connectivity index (χ1) is 21.8. The normalized spacial score (nSPS) is 12.9. The zero-order chi connectivity index (χ0) is 29.3. The van der Waals surface area contributed by atoms with Crippen LogP contribution in [0.1, 0.15) is 18.7 Å². The van der Waals surface area contributed by atoms with Gasteiger partial charge in [-0.05, 0) is 55.3 Å². The number of hydrogen-bond acceptors (Lipinski definition) is 5. The van der Waals surface area contributed by atoms with Crippen LogP contribution in [0.5, 0.6) is 0 Å². The van der Waals surface area contributed by atoms with Crippen molar-refractivity contribution in [2.45, 2.75) is 12.8 Å². The molecule has 2 heterocycles. The summed E-state index contributed by atoms with van der Waals surface area (Å²) in [6.45, 7) is 0. The van der Waals surface area contributed by atoms with Gasteiger partial charge in [-0.3, -0.25) is 0 Å². The molecule has 0 amide bonds. The van der Waals surface area contributed by atoms with Crippen molar-refractivity contribution in [3.63, 3.8) is 0 Å². The minimum atomic E-state index is 0.626. The van der Waals surface area contributed by atoms with Crippen LogP contribution in [0.2, 0.25) is 0 Å². The molecular weight excluding hydrogens is 540 g/mol. The number of aromatic nitrogens is 3. The van der Waals surface area contributed by atoms with Crippen LogP contribution in [0.25, 0.3) is 50.3 Å². The molecule has 7 aromatic rings. The van der Waals surface area contributed by atoms with Crippen LogP contribution in [0.15, 0.2) is 150 Å². The van der Waals surface area contributed by atoms with Crippen LogP contribution in [0.4, 0.5) is 17.1 Å². The number of anilines is 3. The Morgan fingerprint density at radius 3 is 1.93 bits per heavy atom. The maximum atomic E-state index is 6.52. The number of rotatable bonds is 6. The predicted octanol–water partition coefficient (Wildman–Crippen LogP) is 10.3. The van der Waals surface area contributed by atoms with Crippen molar-refractivity contribution >= 4 is 44.6 Å². The zero-order valence-electron chi connectivity index (χ0n) is 24.0. The SMILES string of the molecule is C1=CC(c2nc(-c3ccccc3)nc(-c3cccc4oc5cc(N(c6ccccc6)c6ccccc6)ccc5c34)n2)=CCC1. The fourth-order valence-electron chi connectivity index (χ4n) is 5.86. The van der Waals surface area contributed by atoms with Gasteiger partial charge in [-0.1, -0.05) is 97.1 Å². The summed E-state index contributed by atoms with van der Waals surface area (Å²) < 4.78 is 6.52. The Morgan fingerprint density at radius 2 is 1.23 bits per heavy atom. The number of hydrogen-bond donors (Lipinski definition) is 0. The molecule has 0 unspecified atom stereocenters. The maximum absolute atomic E-state index is 6.52. The van der Waals surface area contributed by atoms with Crippen LogP contribution in [0, 0.1) is 0 Å². The van der Waals surface area contributed by atoms with E-state index in [0.29, 0.717) is 17.5 Å². The molecule has 0 saturated heterocycles. The van der Waals surface area contributed by atoms with Gasteiger partial charge in [-0.15, -0.1) is 0 Å². The Balaban J connectivity index is 1.30. The number of allylic oxidation sites excluding steroid dienone is 4. The lowest BCUT2D eigenvalue weighted by Crippen LogP contribution is -2.09. The van der Waals surface area contributed by atoms with Gasteiger partial charge in [0, 0.05) is 50.6 Å². The van der Waals surface area contributed by atoms with Gasteiger partial charge in [0.2, 0.25) is 0 Å². The van der Waals surface area contributed by atoms with Crippen molar-refractivity contribution in [1.82, 2.24) is 15.0 Å². The average molecular weight is 569 g/mol. The quantitative estimate of drug-likeness (QED) is 0.200. The first-order valence-electron chi connectivity index (χ1n) is 14.9. The summed E-state index contributed by atoms with van der Waals surface area (Å²) in [5, 5.41) is 2.00. The number of para-hydroxylation sites is 2. The molecule has 5 heteroatoms. The summed E-state index contributed by atoms with van der Waals surface area (Å²) >= 11 is 0. The van der Waals surface area contributed by atoms with E-state index in [-0.39, 0.29) is 0 Å². The molecule has 44 heavy (non-hydrogen) atoms. The van der Waals surface area contributed by atoms with Gasteiger partial charge in [-0.25, -0.2) is 15.0 Å². The van der Waals surface area contributed by atoms with Crippen LogP contribution < -0.4 is 4.90 Å². The fourth-order valence-corrected chi connectivity index (χ4v) is 5.86. The summed E-state index contributed by atoms with van der Waals surface area (Å²) in [5.41, 5.74) is 7.65. The molecule has 210 valence electrons. The van der Waals surface area contributed by atoms with Gasteiger partial charge in [0.05, 0.1) is 0 Å². The molecule has 1 aliphatic rings. The topological polar surface area (TPSA) is 55.1 Å². The summed E-state index contributed by atoms with van der Waals surface area (Å²) in [6, 6.07) is 43.4. The number of furan rings is 1. The third-order valence-corrected chi connectivity index (χ3v) is 7.93. The standard InChI is InChI=1S/C39H28N4O/c1-5-14-27(15-6-1)37-40-38(28-16-7-2-8-17-28)42-39(41-37)33-22-13-23-34-36(33)32-25-24-31(26-35(32)44-34)43(29-18-9-3-10-19-29)30-20-11-4-12-21-30/h1,3-7,9-26H,2,8H2. The van der Waals surface area contributed by atoms with Crippen molar-refractivity contribution in [1.29, 1.82) is 0 Å². The Labute approximate surface area is 255 Å². The van der Waals surface area contributed by atoms with E-state index in [4.69, 9.17) is 19.4 Å². The predicted molar refractivity (Wildman–Crippen MR) is 179 cm³/mol. The molecule has 0 atom stereocenters. The monoisotopic (exact) mass is 568 g/mol. The molecule has 1 aliphatic carbocycles. The van der Waals surface area contributed by atoms with Crippen molar-refractivity contribution in [3.05, 3.63) is 151 Å². The fraction of sp³-hybridized carbons (Fsp3) is 0.0513. The van der Waals surface area contributed by atoms with Gasteiger partial charge in [0.25, 0.3) is 0 Å². The lowest BCUT2D eigenvalue weighted by molar-refractivity contribution is 0.669. The Morgan fingerprint density at radius 1 is 0.545 bits per heavy atom. The molecular formula is C39H28N4O. The molecule has 0 N–H and O–H groups in total. The third kappa shape index (κ3) is 4.74. The van der Waals surface area contributed by atoms with Gasteiger partial charge < -0.3 is 9.32 Å². The Hall–Kier alpha value is -5.81. The molecule has 8 rings (SSSR count). The molecule has 5 nitrogen and oxygen atoms in total. The maximum Gasteiger partial charge on any atom is 0.164 e. The molecule has 0 aliphatic heterocycles. The van der Waals surface area contributed by atoms with Crippen LogP contribution >= 0.6 is 0 Å². The smallest absolute Gasteiger partial charge is 0.164 e. The van der Waals surface area contributed by atoms with Crippen molar-refractivity contribution < 1.29 is 4.42 Å². The second-order valence-electron chi connectivity index (χ2n) is 10.8. The number of fused-ring (bicyclic) bond motifs is 3. The molecule has 0 bridgehead atoms. The van der Waals surface area contributed by atoms with Crippen LogP contribution in [0.3, 0.4) is 0 Å². The first kappa shape index (κ1) is 25.9. The lowest BCUT2D eigenvalue weighted by Gasteiger charge is -2.25. The van der Waals surface area contributed by atoms with Gasteiger partial charge in [0.1, 0.15) is 11.2 Å². The minimum Gasteiger partial charge on any atom is -0.456 e. The minimum absolute atomic E-state index is 0.626. The van der Waals surface area contributed by atoms with Crippen LogP contribution in [-0.4, -0.2) is 15.0 Å². The highest BCUT2D eigenvalue weighted by Crippen LogP contribution is 2.40. The van der Waals surface area contributed by atoms with Crippen LogP contribution in [-0.2, 0) is 0 Å². The second kappa shape index (κ2) is 11.1. The summed E-state index contributed by atoms with van der Waals surface area (Å²) in [4.78, 5) is 17.2. The van der Waals surface area contributed by atoms with E-state index >= 15 is 0 Å². The van der Waals surface area contributed by atoms with Gasteiger partial charge >= 0.3 is 0 Å². The number of benzene rings is 5. The first-order valence-corrected chi connectivity index (χ1v) is 14.9. The average Bonchev–Trinajstić information content (AvgIpc) is 3.48. The summed E-state index contributed by atoms with van der Waals surface area (Å²) in [7, 11) is 0. The molecule has 0 fully saturated rings. The largest absolute Gasteiger partial charge is 0.456 e. The molecule has 0 radical (unpaired) electrons.